The third kappa shape index (κ3) is 3.70. The molecule has 0 bridgehead atoms. The van der Waals surface area contributed by atoms with Gasteiger partial charge in [0.25, 0.3) is 0 Å². The van der Waals surface area contributed by atoms with E-state index in [1.807, 2.05) is 12.3 Å². The van der Waals surface area contributed by atoms with Crippen molar-refractivity contribution in [2.75, 3.05) is 0 Å². The van der Waals surface area contributed by atoms with Gasteiger partial charge >= 0.3 is 0 Å². The Bertz CT molecular complexity index is 1100. The van der Waals surface area contributed by atoms with E-state index in [1.165, 1.54) is 48.3 Å². The molecule has 0 radical (unpaired) electrons. The molecule has 5 rings (SSSR count). The number of rotatable bonds is 4. The van der Waals surface area contributed by atoms with Crippen LogP contribution in [0.25, 0.3) is 5.69 Å². The summed E-state index contributed by atoms with van der Waals surface area (Å²) in [5.41, 5.74) is 6.03. The van der Waals surface area contributed by atoms with Gasteiger partial charge in [-0.15, -0.1) is 0 Å². The largest absolute Gasteiger partial charge is 0.352 e. The predicted octanol–water partition coefficient (Wildman–Crippen LogP) is 6.17. The van der Waals surface area contributed by atoms with E-state index in [0.717, 1.165) is 15.3 Å². The highest BCUT2D eigenvalue weighted by molar-refractivity contribution is 9.10. The molecule has 2 aliphatic rings. The zero-order chi connectivity index (χ0) is 21.5. The Labute approximate surface area is 197 Å². The van der Waals surface area contributed by atoms with Crippen molar-refractivity contribution in [2.45, 2.75) is 57.7 Å². The number of halogens is 1. The molecule has 2 aromatic heterocycles. The van der Waals surface area contributed by atoms with Gasteiger partial charge in [-0.3, -0.25) is 4.98 Å². The van der Waals surface area contributed by atoms with Gasteiger partial charge in [0.1, 0.15) is 0 Å². The van der Waals surface area contributed by atoms with E-state index >= 15 is 0 Å². The fourth-order valence-corrected chi connectivity index (χ4v) is 6.15. The maximum absolute atomic E-state index is 5.90. The molecule has 0 unspecified atom stereocenters. The van der Waals surface area contributed by atoms with E-state index < -0.39 is 0 Å². The van der Waals surface area contributed by atoms with Crippen LogP contribution in [-0.2, 0) is 0 Å². The molecule has 1 saturated heterocycles. The summed E-state index contributed by atoms with van der Waals surface area (Å²) in [6.45, 7) is 4.42. The van der Waals surface area contributed by atoms with Crippen LogP contribution >= 0.6 is 28.1 Å². The molecule has 1 aliphatic heterocycles. The van der Waals surface area contributed by atoms with Crippen molar-refractivity contribution >= 4 is 33.3 Å². The Hall–Kier alpha value is -2.18. The summed E-state index contributed by atoms with van der Waals surface area (Å²) >= 11 is 9.53. The highest BCUT2D eigenvalue weighted by Gasteiger charge is 2.44. The standard InChI is InChI=1S/C25H27BrN4S/c1-16-14-21(17(2)29(16)20-11-7-8-18(26)15-20)24-23(22-12-5-6-13-27-22)28-25(31)30(24)19-9-3-4-10-19/h5-8,11-15,19,23-24H,3-4,9-10H2,1-2H3,(H,28,31)/t23-,24-/m1/s1. The third-order valence-corrected chi connectivity index (χ3v) is 7.53. The fourth-order valence-electron chi connectivity index (χ4n) is 5.37. The first-order valence-corrected chi connectivity index (χ1v) is 12.2. The van der Waals surface area contributed by atoms with Crippen molar-refractivity contribution in [3.8, 4) is 5.69 Å². The second-order valence-corrected chi connectivity index (χ2v) is 9.92. The van der Waals surface area contributed by atoms with Gasteiger partial charge < -0.3 is 14.8 Å². The monoisotopic (exact) mass is 494 g/mol. The topological polar surface area (TPSA) is 33.1 Å². The molecule has 1 aliphatic carbocycles. The minimum absolute atomic E-state index is 0.0470. The number of benzene rings is 1. The average Bonchev–Trinajstić information content (AvgIpc) is 3.46. The quantitative estimate of drug-likeness (QED) is 0.439. The minimum Gasteiger partial charge on any atom is -0.352 e. The van der Waals surface area contributed by atoms with E-state index in [9.17, 15) is 0 Å². The summed E-state index contributed by atoms with van der Waals surface area (Å²) in [5.74, 6) is 0. The maximum Gasteiger partial charge on any atom is 0.170 e. The lowest BCUT2D eigenvalue weighted by atomic mass is 9.95. The van der Waals surface area contributed by atoms with Crippen LogP contribution in [0.2, 0.25) is 0 Å². The summed E-state index contributed by atoms with van der Waals surface area (Å²) < 4.78 is 3.44. The van der Waals surface area contributed by atoms with E-state index in [-0.39, 0.29) is 12.1 Å². The molecule has 3 aromatic rings. The smallest absolute Gasteiger partial charge is 0.170 e. The van der Waals surface area contributed by atoms with Crippen molar-refractivity contribution in [1.29, 1.82) is 0 Å². The van der Waals surface area contributed by atoms with Crippen LogP contribution < -0.4 is 5.32 Å². The summed E-state index contributed by atoms with van der Waals surface area (Å²) in [6.07, 6.45) is 6.85. The van der Waals surface area contributed by atoms with Crippen LogP contribution in [0.5, 0.6) is 0 Å². The number of hydrogen-bond donors (Lipinski definition) is 1. The number of aryl methyl sites for hydroxylation is 1. The summed E-state index contributed by atoms with van der Waals surface area (Å²) in [4.78, 5) is 7.18. The number of thiocarbonyl (C=S) groups is 1. The van der Waals surface area contributed by atoms with Crippen LogP contribution in [0.4, 0.5) is 0 Å². The molecule has 1 saturated carbocycles. The maximum atomic E-state index is 5.90. The first-order chi connectivity index (χ1) is 15.0. The number of hydrogen-bond acceptors (Lipinski definition) is 2. The third-order valence-electron chi connectivity index (χ3n) is 6.71. The van der Waals surface area contributed by atoms with E-state index in [4.69, 9.17) is 17.2 Å². The summed E-state index contributed by atoms with van der Waals surface area (Å²) in [6, 6.07) is 17.7. The van der Waals surface area contributed by atoms with Gasteiger partial charge in [-0.25, -0.2) is 0 Å². The number of nitrogens with zero attached hydrogens (tertiary/aromatic N) is 3. The molecule has 31 heavy (non-hydrogen) atoms. The summed E-state index contributed by atoms with van der Waals surface area (Å²) in [7, 11) is 0. The van der Waals surface area contributed by atoms with Gasteiger partial charge in [-0.05, 0) is 80.9 Å². The first kappa shape index (κ1) is 20.7. The molecule has 2 atom stereocenters. The average molecular weight is 495 g/mol. The van der Waals surface area contributed by atoms with Crippen molar-refractivity contribution in [2.24, 2.45) is 0 Å². The molecule has 0 amide bonds. The Morgan fingerprint density at radius 2 is 1.87 bits per heavy atom. The van der Waals surface area contributed by atoms with Gasteiger partial charge in [0.05, 0.1) is 17.8 Å². The Kier molecular flexibility index (Phi) is 5.61. The van der Waals surface area contributed by atoms with Crippen molar-refractivity contribution in [1.82, 2.24) is 19.8 Å². The fraction of sp³-hybridized carbons (Fsp3) is 0.360. The molecule has 6 heteroatoms. The Morgan fingerprint density at radius 3 is 2.58 bits per heavy atom. The molecule has 1 aromatic carbocycles. The van der Waals surface area contributed by atoms with Gasteiger partial charge in [0.15, 0.2) is 5.11 Å². The number of aromatic nitrogens is 2. The van der Waals surface area contributed by atoms with Crippen molar-refractivity contribution < 1.29 is 0 Å². The van der Waals surface area contributed by atoms with Gasteiger partial charge in [-0.2, -0.15) is 0 Å². The lowest BCUT2D eigenvalue weighted by molar-refractivity contribution is 0.245. The highest BCUT2D eigenvalue weighted by Crippen LogP contribution is 2.44. The van der Waals surface area contributed by atoms with E-state index in [2.05, 4.69) is 87.0 Å². The molecular formula is C25H27BrN4S. The second-order valence-electron chi connectivity index (χ2n) is 8.61. The van der Waals surface area contributed by atoms with Crippen molar-refractivity contribution in [3.63, 3.8) is 0 Å². The molecule has 0 spiro atoms. The molecule has 160 valence electrons. The van der Waals surface area contributed by atoms with Crippen molar-refractivity contribution in [3.05, 3.63) is 81.8 Å². The normalized spacial score (nSPS) is 21.6. The Morgan fingerprint density at radius 1 is 1.06 bits per heavy atom. The number of pyridine rings is 1. The first-order valence-electron chi connectivity index (χ1n) is 11.0. The number of nitrogens with one attached hydrogen (secondary N) is 1. The van der Waals surface area contributed by atoms with Crippen LogP contribution in [0.1, 0.15) is 60.4 Å². The summed E-state index contributed by atoms with van der Waals surface area (Å²) in [5, 5.41) is 4.49. The lowest BCUT2D eigenvalue weighted by Crippen LogP contribution is -2.37. The zero-order valence-electron chi connectivity index (χ0n) is 17.9. The zero-order valence-corrected chi connectivity index (χ0v) is 20.3. The van der Waals surface area contributed by atoms with E-state index in [1.54, 1.807) is 0 Å². The molecule has 3 heterocycles. The molecular weight excluding hydrogens is 468 g/mol. The predicted molar refractivity (Wildman–Crippen MR) is 132 cm³/mol. The van der Waals surface area contributed by atoms with Crippen LogP contribution in [0, 0.1) is 13.8 Å². The SMILES string of the molecule is Cc1cc([C@@H]2[C@@H](c3ccccn3)NC(=S)N2C2CCCC2)c(C)n1-c1cccc(Br)c1. The van der Waals surface area contributed by atoms with Gasteiger partial charge in [0.2, 0.25) is 0 Å². The molecule has 1 N–H and O–H groups in total. The minimum atomic E-state index is 0.0470. The van der Waals surface area contributed by atoms with Crippen LogP contribution in [-0.4, -0.2) is 25.6 Å². The Balaban J connectivity index is 1.64. The highest BCUT2D eigenvalue weighted by atomic mass is 79.9. The lowest BCUT2D eigenvalue weighted by Gasteiger charge is -2.33. The van der Waals surface area contributed by atoms with Crippen LogP contribution in [0.3, 0.4) is 0 Å². The van der Waals surface area contributed by atoms with Gasteiger partial charge in [0, 0.05) is 33.8 Å². The second kappa shape index (κ2) is 8.40. The van der Waals surface area contributed by atoms with E-state index in [0.29, 0.717) is 6.04 Å². The van der Waals surface area contributed by atoms with Crippen LogP contribution in [0.15, 0.2) is 59.2 Å². The van der Waals surface area contributed by atoms with Gasteiger partial charge in [-0.1, -0.05) is 40.9 Å². The molecule has 4 nitrogen and oxygen atoms in total. The molecule has 2 fully saturated rings.